The maximum absolute atomic E-state index is 11.3. The quantitative estimate of drug-likeness (QED) is 0.705. The van der Waals surface area contributed by atoms with Crippen molar-refractivity contribution in [2.24, 2.45) is 0 Å². The molecule has 0 bridgehead atoms. The molecule has 0 amide bonds. The summed E-state index contributed by atoms with van der Waals surface area (Å²) in [4.78, 5) is 0. The maximum Gasteiger partial charge on any atom is 0.170 e. The van der Waals surface area contributed by atoms with Gasteiger partial charge in [0.15, 0.2) is 5.11 Å². The van der Waals surface area contributed by atoms with Crippen LogP contribution >= 0.6 is 23.8 Å². The van der Waals surface area contributed by atoms with Gasteiger partial charge >= 0.3 is 0 Å². The zero-order valence-electron chi connectivity index (χ0n) is 13.3. The SMILES string of the molecule is CCNC(=S)Nc1ccc(Cl)cc1C(O)(CC)c1ccccc1. The Labute approximate surface area is 147 Å². The van der Waals surface area contributed by atoms with Gasteiger partial charge in [0.25, 0.3) is 0 Å². The fourth-order valence-electron chi connectivity index (χ4n) is 2.56. The van der Waals surface area contributed by atoms with Gasteiger partial charge in [-0.25, -0.2) is 0 Å². The van der Waals surface area contributed by atoms with Crippen molar-refractivity contribution in [3.05, 3.63) is 64.7 Å². The van der Waals surface area contributed by atoms with Gasteiger partial charge in [0, 0.05) is 22.8 Å². The van der Waals surface area contributed by atoms with Gasteiger partial charge in [-0.3, -0.25) is 0 Å². The van der Waals surface area contributed by atoms with E-state index in [4.69, 9.17) is 23.8 Å². The van der Waals surface area contributed by atoms with Crippen LogP contribution in [0, 0.1) is 0 Å². The van der Waals surface area contributed by atoms with Crippen LogP contribution in [-0.4, -0.2) is 16.8 Å². The zero-order chi connectivity index (χ0) is 16.9. The minimum atomic E-state index is -1.14. The van der Waals surface area contributed by atoms with Crippen LogP contribution in [0.15, 0.2) is 48.5 Å². The van der Waals surface area contributed by atoms with Gasteiger partial charge in [-0.05, 0) is 49.3 Å². The number of rotatable bonds is 5. The van der Waals surface area contributed by atoms with E-state index in [2.05, 4.69) is 10.6 Å². The highest BCUT2D eigenvalue weighted by Crippen LogP contribution is 2.38. The Kier molecular flexibility index (Phi) is 5.99. The third kappa shape index (κ3) is 4.02. The summed E-state index contributed by atoms with van der Waals surface area (Å²) in [6.07, 6.45) is 0.514. The van der Waals surface area contributed by atoms with Crippen molar-refractivity contribution >= 4 is 34.6 Å². The van der Waals surface area contributed by atoms with Crippen LogP contribution in [-0.2, 0) is 5.60 Å². The van der Waals surface area contributed by atoms with Gasteiger partial charge in [0.05, 0.1) is 0 Å². The van der Waals surface area contributed by atoms with Gasteiger partial charge in [-0.2, -0.15) is 0 Å². The first-order chi connectivity index (χ1) is 11.0. The molecule has 3 N–H and O–H groups in total. The molecule has 0 aliphatic carbocycles. The van der Waals surface area contributed by atoms with E-state index in [1.54, 1.807) is 12.1 Å². The third-order valence-corrected chi connectivity index (χ3v) is 4.26. The molecule has 0 heterocycles. The van der Waals surface area contributed by atoms with E-state index in [0.717, 1.165) is 17.8 Å². The molecule has 23 heavy (non-hydrogen) atoms. The molecular formula is C18H21ClN2OS. The Morgan fingerprint density at radius 2 is 1.87 bits per heavy atom. The van der Waals surface area contributed by atoms with E-state index in [1.165, 1.54) is 0 Å². The average molecular weight is 349 g/mol. The molecule has 0 spiro atoms. The van der Waals surface area contributed by atoms with Crippen molar-refractivity contribution in [1.29, 1.82) is 0 Å². The number of aliphatic hydroxyl groups is 1. The average Bonchev–Trinajstić information content (AvgIpc) is 2.57. The second-order valence-electron chi connectivity index (χ2n) is 5.25. The minimum Gasteiger partial charge on any atom is -0.380 e. The highest BCUT2D eigenvalue weighted by molar-refractivity contribution is 7.80. The normalized spacial score (nSPS) is 13.2. The molecule has 1 atom stereocenters. The van der Waals surface area contributed by atoms with Crippen LogP contribution in [0.3, 0.4) is 0 Å². The van der Waals surface area contributed by atoms with Gasteiger partial charge in [0.2, 0.25) is 0 Å². The summed E-state index contributed by atoms with van der Waals surface area (Å²) < 4.78 is 0. The monoisotopic (exact) mass is 348 g/mol. The molecule has 2 rings (SSSR count). The lowest BCUT2D eigenvalue weighted by Gasteiger charge is -2.30. The minimum absolute atomic E-state index is 0.514. The lowest BCUT2D eigenvalue weighted by Crippen LogP contribution is -2.32. The Balaban J connectivity index is 2.51. The number of hydrogen-bond acceptors (Lipinski definition) is 2. The van der Waals surface area contributed by atoms with E-state index in [0.29, 0.717) is 22.1 Å². The topological polar surface area (TPSA) is 44.3 Å². The van der Waals surface area contributed by atoms with Crippen LogP contribution in [0.5, 0.6) is 0 Å². The van der Waals surface area contributed by atoms with Crippen LogP contribution < -0.4 is 10.6 Å². The van der Waals surface area contributed by atoms with Crippen LogP contribution in [0.4, 0.5) is 5.69 Å². The van der Waals surface area contributed by atoms with Crippen molar-refractivity contribution in [1.82, 2.24) is 5.32 Å². The molecule has 0 saturated heterocycles. The first kappa shape index (κ1) is 17.7. The number of thiocarbonyl (C=S) groups is 1. The predicted molar refractivity (Wildman–Crippen MR) is 101 cm³/mol. The summed E-state index contributed by atoms with van der Waals surface area (Å²) >= 11 is 11.4. The van der Waals surface area contributed by atoms with Gasteiger partial charge in [-0.15, -0.1) is 0 Å². The largest absolute Gasteiger partial charge is 0.380 e. The lowest BCUT2D eigenvalue weighted by molar-refractivity contribution is 0.0773. The molecular weight excluding hydrogens is 328 g/mol. The molecule has 0 saturated carbocycles. The molecule has 0 aliphatic heterocycles. The van der Waals surface area contributed by atoms with E-state index in [-0.39, 0.29) is 0 Å². The van der Waals surface area contributed by atoms with Gasteiger partial charge in [0.1, 0.15) is 5.60 Å². The summed E-state index contributed by atoms with van der Waals surface area (Å²) in [6.45, 7) is 4.65. The first-order valence-electron chi connectivity index (χ1n) is 7.64. The molecule has 5 heteroatoms. The molecule has 3 nitrogen and oxygen atoms in total. The Bertz CT molecular complexity index is 678. The molecule has 0 aliphatic rings. The second kappa shape index (κ2) is 7.77. The van der Waals surface area contributed by atoms with E-state index in [1.807, 2.05) is 50.2 Å². The standard InChI is InChI=1S/C18H21ClN2OS/c1-3-18(22,13-8-6-5-7-9-13)15-12-14(19)10-11-16(15)21-17(23)20-4-2/h5-12,22H,3-4H2,1-2H3,(H2,20,21,23). The summed E-state index contributed by atoms with van der Waals surface area (Å²) in [7, 11) is 0. The van der Waals surface area contributed by atoms with Gasteiger partial charge < -0.3 is 15.7 Å². The summed E-state index contributed by atoms with van der Waals surface area (Å²) in [6, 6.07) is 15.0. The fourth-order valence-corrected chi connectivity index (χ4v) is 2.99. The molecule has 2 aromatic carbocycles. The van der Waals surface area contributed by atoms with Gasteiger partial charge in [-0.1, -0.05) is 48.9 Å². The Morgan fingerprint density at radius 3 is 2.48 bits per heavy atom. The smallest absolute Gasteiger partial charge is 0.170 e. The first-order valence-corrected chi connectivity index (χ1v) is 8.42. The lowest BCUT2D eigenvalue weighted by atomic mass is 9.83. The number of anilines is 1. The molecule has 0 fully saturated rings. The maximum atomic E-state index is 11.3. The van der Waals surface area contributed by atoms with Crippen molar-refractivity contribution in [3.63, 3.8) is 0 Å². The van der Waals surface area contributed by atoms with Crippen LogP contribution in [0.2, 0.25) is 5.02 Å². The van der Waals surface area contributed by atoms with E-state index >= 15 is 0 Å². The molecule has 1 unspecified atom stereocenters. The number of nitrogens with one attached hydrogen (secondary N) is 2. The third-order valence-electron chi connectivity index (χ3n) is 3.78. The summed E-state index contributed by atoms with van der Waals surface area (Å²) in [5.41, 5.74) is 1.13. The zero-order valence-corrected chi connectivity index (χ0v) is 14.8. The summed E-state index contributed by atoms with van der Waals surface area (Å²) in [5.74, 6) is 0. The summed E-state index contributed by atoms with van der Waals surface area (Å²) in [5, 5.41) is 18.6. The number of hydrogen-bond donors (Lipinski definition) is 3. The Morgan fingerprint density at radius 1 is 1.17 bits per heavy atom. The van der Waals surface area contributed by atoms with Crippen molar-refractivity contribution < 1.29 is 5.11 Å². The molecule has 2 aromatic rings. The molecule has 122 valence electrons. The molecule has 0 radical (unpaired) electrons. The Hall–Kier alpha value is -1.62. The van der Waals surface area contributed by atoms with Crippen molar-refractivity contribution in [2.45, 2.75) is 25.9 Å². The van der Waals surface area contributed by atoms with Crippen LogP contribution in [0.1, 0.15) is 31.4 Å². The highest BCUT2D eigenvalue weighted by Gasteiger charge is 2.32. The van der Waals surface area contributed by atoms with Crippen molar-refractivity contribution in [3.8, 4) is 0 Å². The number of halogens is 1. The number of benzene rings is 2. The highest BCUT2D eigenvalue weighted by atomic mass is 35.5. The van der Waals surface area contributed by atoms with E-state index in [9.17, 15) is 5.11 Å². The fraction of sp³-hybridized carbons (Fsp3) is 0.278. The van der Waals surface area contributed by atoms with Crippen molar-refractivity contribution in [2.75, 3.05) is 11.9 Å². The van der Waals surface area contributed by atoms with Crippen LogP contribution in [0.25, 0.3) is 0 Å². The van der Waals surface area contributed by atoms with E-state index < -0.39 is 5.60 Å². The molecule has 0 aromatic heterocycles. The second-order valence-corrected chi connectivity index (χ2v) is 6.10. The predicted octanol–water partition coefficient (Wildman–Crippen LogP) is 4.29.